The van der Waals surface area contributed by atoms with Gasteiger partial charge >= 0.3 is 0 Å². The Morgan fingerprint density at radius 1 is 1.38 bits per heavy atom. The van der Waals surface area contributed by atoms with Crippen molar-refractivity contribution in [3.05, 3.63) is 21.3 Å². The van der Waals surface area contributed by atoms with E-state index < -0.39 is 11.7 Å². The van der Waals surface area contributed by atoms with Gasteiger partial charge < -0.3 is 9.84 Å². The van der Waals surface area contributed by atoms with Crippen LogP contribution in [0.25, 0.3) is 0 Å². The lowest BCUT2D eigenvalue weighted by Gasteiger charge is -2.35. The molecule has 0 aliphatic heterocycles. The van der Waals surface area contributed by atoms with Crippen LogP contribution in [-0.4, -0.2) is 17.3 Å². The molecule has 16 heavy (non-hydrogen) atoms. The van der Waals surface area contributed by atoms with E-state index in [0.29, 0.717) is 10.9 Å². The maximum atomic E-state index is 10.4. The molecule has 2 nitrogen and oxygen atoms in total. The smallest absolute Gasteiger partial charge is 0.117 e. The highest BCUT2D eigenvalue weighted by molar-refractivity contribution is 7.16. The van der Waals surface area contributed by atoms with E-state index in [1.54, 1.807) is 0 Å². The number of aliphatic hydroxyl groups excluding tert-OH is 1. The summed E-state index contributed by atoms with van der Waals surface area (Å²) in [5.74, 6) is 0. The van der Waals surface area contributed by atoms with Gasteiger partial charge in [-0.2, -0.15) is 0 Å². The molecule has 0 saturated carbocycles. The predicted octanol–water partition coefficient (Wildman–Crippen LogP) is 4.03. The zero-order valence-corrected chi connectivity index (χ0v) is 11.6. The van der Waals surface area contributed by atoms with Crippen molar-refractivity contribution in [2.75, 3.05) is 6.61 Å². The van der Waals surface area contributed by atoms with E-state index in [9.17, 15) is 5.11 Å². The van der Waals surface area contributed by atoms with Gasteiger partial charge in [-0.15, -0.1) is 11.3 Å². The molecule has 1 heterocycles. The maximum Gasteiger partial charge on any atom is 0.117 e. The standard InChI is InChI=1S/C12H19ClO2S/c1-4-12(5-2,15-6-3)11(14)9-7-8-10(13)16-9/h7-8,11,14H,4-6H2,1-3H3. The van der Waals surface area contributed by atoms with Crippen molar-refractivity contribution in [2.45, 2.75) is 45.3 Å². The van der Waals surface area contributed by atoms with Crippen LogP contribution in [0.4, 0.5) is 0 Å². The van der Waals surface area contributed by atoms with Crippen LogP contribution in [0.1, 0.15) is 44.6 Å². The summed E-state index contributed by atoms with van der Waals surface area (Å²) in [6.07, 6.45) is 0.974. The Morgan fingerprint density at radius 3 is 2.38 bits per heavy atom. The monoisotopic (exact) mass is 262 g/mol. The quantitative estimate of drug-likeness (QED) is 0.839. The van der Waals surface area contributed by atoms with Gasteiger partial charge in [0.1, 0.15) is 6.10 Å². The molecule has 0 saturated heterocycles. The summed E-state index contributed by atoms with van der Waals surface area (Å²) < 4.78 is 6.47. The van der Waals surface area contributed by atoms with E-state index >= 15 is 0 Å². The van der Waals surface area contributed by atoms with Gasteiger partial charge in [-0.1, -0.05) is 25.4 Å². The van der Waals surface area contributed by atoms with Crippen LogP contribution in [0.3, 0.4) is 0 Å². The van der Waals surface area contributed by atoms with Crippen molar-refractivity contribution >= 4 is 22.9 Å². The topological polar surface area (TPSA) is 29.5 Å². The molecule has 0 radical (unpaired) electrons. The zero-order chi connectivity index (χ0) is 12.2. The minimum atomic E-state index is -0.597. The van der Waals surface area contributed by atoms with E-state index in [1.165, 1.54) is 11.3 Å². The van der Waals surface area contributed by atoms with Crippen molar-refractivity contribution in [1.29, 1.82) is 0 Å². The summed E-state index contributed by atoms with van der Waals surface area (Å²) in [6.45, 7) is 6.64. The van der Waals surface area contributed by atoms with Crippen LogP contribution in [0.5, 0.6) is 0 Å². The highest BCUT2D eigenvalue weighted by atomic mass is 35.5. The lowest BCUT2D eigenvalue weighted by Crippen LogP contribution is -2.38. The van der Waals surface area contributed by atoms with Crippen molar-refractivity contribution in [1.82, 2.24) is 0 Å². The van der Waals surface area contributed by atoms with Gasteiger partial charge in [0.15, 0.2) is 0 Å². The van der Waals surface area contributed by atoms with Gasteiger partial charge in [0.05, 0.1) is 9.94 Å². The van der Waals surface area contributed by atoms with Crippen LogP contribution in [0.2, 0.25) is 4.34 Å². The van der Waals surface area contributed by atoms with Gasteiger partial charge in [0, 0.05) is 11.5 Å². The van der Waals surface area contributed by atoms with Crippen LogP contribution in [-0.2, 0) is 4.74 Å². The Labute approximate surface area is 106 Å². The first-order valence-corrected chi connectivity index (χ1v) is 6.86. The number of thiophene rings is 1. The second-order valence-electron chi connectivity index (χ2n) is 3.75. The molecule has 1 aromatic heterocycles. The maximum absolute atomic E-state index is 10.4. The largest absolute Gasteiger partial charge is 0.385 e. The normalized spacial score (nSPS) is 14.1. The second-order valence-corrected chi connectivity index (χ2v) is 5.50. The summed E-state index contributed by atoms with van der Waals surface area (Å²) in [5, 5.41) is 10.4. The van der Waals surface area contributed by atoms with Crippen LogP contribution >= 0.6 is 22.9 Å². The molecule has 0 aliphatic carbocycles. The minimum Gasteiger partial charge on any atom is -0.385 e. The summed E-state index contributed by atoms with van der Waals surface area (Å²) in [5.41, 5.74) is -0.483. The average Bonchev–Trinajstić information content (AvgIpc) is 2.72. The molecule has 1 aromatic rings. The van der Waals surface area contributed by atoms with Crippen LogP contribution in [0, 0.1) is 0 Å². The highest BCUT2D eigenvalue weighted by Gasteiger charge is 2.37. The van der Waals surface area contributed by atoms with Crippen molar-refractivity contribution in [2.24, 2.45) is 0 Å². The van der Waals surface area contributed by atoms with E-state index in [4.69, 9.17) is 16.3 Å². The molecule has 0 bridgehead atoms. The van der Waals surface area contributed by atoms with E-state index in [2.05, 4.69) is 0 Å². The molecule has 1 N–H and O–H groups in total. The Hall–Kier alpha value is -0.0900. The van der Waals surface area contributed by atoms with Gasteiger partial charge in [0.2, 0.25) is 0 Å². The molecule has 0 aromatic carbocycles. The molecular formula is C12H19ClO2S. The summed E-state index contributed by atoms with van der Waals surface area (Å²) in [4.78, 5) is 0.877. The van der Waals surface area contributed by atoms with Gasteiger partial charge in [-0.3, -0.25) is 0 Å². The Morgan fingerprint density at radius 2 is 2.00 bits per heavy atom. The molecule has 1 rings (SSSR count). The number of aliphatic hydroxyl groups is 1. The van der Waals surface area contributed by atoms with E-state index in [0.717, 1.165) is 17.7 Å². The number of hydrogen-bond donors (Lipinski definition) is 1. The molecule has 1 unspecified atom stereocenters. The molecule has 4 heteroatoms. The third-order valence-electron chi connectivity index (χ3n) is 2.99. The first-order chi connectivity index (χ1) is 7.59. The lowest BCUT2D eigenvalue weighted by atomic mass is 9.89. The van der Waals surface area contributed by atoms with E-state index in [1.807, 2.05) is 32.9 Å². The lowest BCUT2D eigenvalue weighted by molar-refractivity contribution is -0.126. The fourth-order valence-electron chi connectivity index (χ4n) is 1.94. The van der Waals surface area contributed by atoms with Gasteiger partial charge in [-0.05, 0) is 31.9 Å². The van der Waals surface area contributed by atoms with Crippen molar-refractivity contribution in [3.63, 3.8) is 0 Å². The number of hydrogen-bond acceptors (Lipinski definition) is 3. The first kappa shape index (κ1) is 14.0. The average molecular weight is 263 g/mol. The van der Waals surface area contributed by atoms with Gasteiger partial charge in [-0.25, -0.2) is 0 Å². The summed E-state index contributed by atoms with van der Waals surface area (Å²) in [7, 11) is 0. The first-order valence-electron chi connectivity index (χ1n) is 5.66. The number of halogens is 1. The van der Waals surface area contributed by atoms with E-state index in [-0.39, 0.29) is 0 Å². The molecule has 0 spiro atoms. The predicted molar refractivity (Wildman–Crippen MR) is 69.2 cm³/mol. The molecule has 0 aliphatic rings. The Bertz CT molecular complexity index is 321. The molecule has 92 valence electrons. The summed E-state index contributed by atoms with van der Waals surface area (Å²) >= 11 is 7.30. The molecule has 0 fully saturated rings. The minimum absolute atomic E-state index is 0.483. The second kappa shape index (κ2) is 6.01. The Balaban J connectivity index is 2.94. The van der Waals surface area contributed by atoms with Crippen molar-refractivity contribution < 1.29 is 9.84 Å². The van der Waals surface area contributed by atoms with Crippen LogP contribution in [0.15, 0.2) is 12.1 Å². The van der Waals surface area contributed by atoms with Gasteiger partial charge in [0.25, 0.3) is 0 Å². The third-order valence-corrected chi connectivity index (χ3v) is 4.27. The fraction of sp³-hybridized carbons (Fsp3) is 0.667. The third kappa shape index (κ3) is 2.77. The fourth-order valence-corrected chi connectivity index (χ4v) is 3.10. The summed E-state index contributed by atoms with van der Waals surface area (Å²) in [6, 6.07) is 3.68. The molecule has 0 amide bonds. The zero-order valence-electron chi connectivity index (χ0n) is 10.00. The number of ether oxygens (including phenoxy) is 1. The van der Waals surface area contributed by atoms with Crippen LogP contribution < -0.4 is 0 Å². The SMILES string of the molecule is CCOC(CC)(CC)C(O)c1ccc(Cl)s1. The number of rotatable bonds is 6. The van der Waals surface area contributed by atoms with Crippen molar-refractivity contribution in [3.8, 4) is 0 Å². The highest BCUT2D eigenvalue weighted by Crippen LogP contribution is 2.39. The molecule has 1 atom stereocenters. The Kier molecular flexibility index (Phi) is 5.25. The molecular weight excluding hydrogens is 244 g/mol.